The Morgan fingerprint density at radius 3 is 1.40 bits per heavy atom. The Hall–Kier alpha value is 0.354. The lowest BCUT2D eigenvalue weighted by Crippen LogP contribution is -2.58. The summed E-state index contributed by atoms with van der Waals surface area (Å²) in [7, 11) is -2.21. The average Bonchev–Trinajstić information content (AvgIpc) is 1.95. The molecular formula is C6H18N2Si2. The molecule has 0 radical (unpaired) electrons. The number of nitrogens with zero attached hydrogens (tertiary/aromatic N) is 1. The van der Waals surface area contributed by atoms with Crippen LogP contribution in [0.25, 0.3) is 0 Å². The third kappa shape index (κ3) is 1.21. The van der Waals surface area contributed by atoms with E-state index in [2.05, 4.69) is 30.5 Å². The van der Waals surface area contributed by atoms with Crippen LogP contribution < -0.4 is 5.84 Å². The molecule has 1 heterocycles. The molecule has 1 aliphatic heterocycles. The minimum absolute atomic E-state index is 1.11. The van der Waals surface area contributed by atoms with Crippen LogP contribution >= 0.6 is 0 Å². The van der Waals surface area contributed by atoms with E-state index in [1.807, 2.05) is 0 Å². The molecule has 1 rings (SSSR count). The molecule has 10 heavy (non-hydrogen) atoms. The molecule has 1 aliphatic rings. The zero-order chi connectivity index (χ0) is 7.99. The van der Waals surface area contributed by atoms with Gasteiger partial charge in [0.05, 0.1) is 0 Å². The quantitative estimate of drug-likeness (QED) is 0.446. The first-order chi connectivity index (χ1) is 4.36. The van der Waals surface area contributed by atoms with E-state index in [1.54, 1.807) is 0 Å². The highest BCUT2D eigenvalue weighted by Crippen LogP contribution is 2.33. The standard InChI is InChI=1S/C6H18N2Si2/c1-9(2)5-6-10(3,4)8(9)7/h5-7H2,1-4H3. The first-order valence-corrected chi connectivity index (χ1v) is 10.2. The van der Waals surface area contributed by atoms with Crippen LogP contribution in [0.2, 0.25) is 38.3 Å². The summed E-state index contributed by atoms with van der Waals surface area (Å²) in [5.41, 5.74) is 0. The van der Waals surface area contributed by atoms with Gasteiger partial charge in [-0.3, -0.25) is 10.2 Å². The van der Waals surface area contributed by atoms with E-state index >= 15 is 0 Å². The summed E-state index contributed by atoms with van der Waals surface area (Å²) in [6, 6.07) is 2.81. The minimum Gasteiger partial charge on any atom is -0.288 e. The number of nitrogens with two attached hydrogens (primary N) is 1. The van der Waals surface area contributed by atoms with Crippen LogP contribution in [0, 0.1) is 0 Å². The van der Waals surface area contributed by atoms with Crippen molar-refractivity contribution in [2.24, 2.45) is 5.84 Å². The third-order valence-corrected chi connectivity index (χ3v) is 12.3. The number of hydrazine groups is 1. The third-order valence-electron chi connectivity index (χ3n) is 2.65. The highest BCUT2D eigenvalue weighted by atomic mass is 28.4. The fraction of sp³-hybridized carbons (Fsp3) is 1.00. The molecule has 0 aromatic carbocycles. The summed E-state index contributed by atoms with van der Waals surface area (Å²) in [5.74, 6) is 6.05. The Morgan fingerprint density at radius 1 is 1.00 bits per heavy atom. The predicted molar refractivity (Wildman–Crippen MR) is 50.6 cm³/mol. The molecule has 1 saturated heterocycles. The van der Waals surface area contributed by atoms with Gasteiger partial charge >= 0.3 is 0 Å². The maximum Gasteiger partial charge on any atom is 0.130 e. The van der Waals surface area contributed by atoms with E-state index in [0.717, 1.165) is 0 Å². The largest absolute Gasteiger partial charge is 0.288 e. The maximum atomic E-state index is 6.05. The molecule has 0 bridgehead atoms. The molecule has 0 unspecified atom stereocenters. The Bertz CT molecular complexity index is 129. The minimum atomic E-state index is -1.11. The van der Waals surface area contributed by atoms with Crippen molar-refractivity contribution in [1.29, 1.82) is 0 Å². The van der Waals surface area contributed by atoms with Crippen LogP contribution in [0.1, 0.15) is 0 Å². The second-order valence-electron chi connectivity index (χ2n) is 4.49. The predicted octanol–water partition coefficient (Wildman–Crippen LogP) is 1.59. The SMILES string of the molecule is C[Si]1(C)CC[Si](C)(C)N1N. The zero-order valence-corrected chi connectivity index (χ0v) is 9.44. The summed E-state index contributed by atoms with van der Waals surface area (Å²) in [6.45, 7) is 9.48. The molecule has 0 saturated carbocycles. The van der Waals surface area contributed by atoms with Gasteiger partial charge in [0.15, 0.2) is 0 Å². The smallest absolute Gasteiger partial charge is 0.130 e. The van der Waals surface area contributed by atoms with Crippen molar-refractivity contribution in [2.75, 3.05) is 0 Å². The van der Waals surface area contributed by atoms with E-state index in [1.165, 1.54) is 12.1 Å². The van der Waals surface area contributed by atoms with Gasteiger partial charge in [-0.1, -0.05) is 26.2 Å². The van der Waals surface area contributed by atoms with Gasteiger partial charge in [-0.05, 0) is 12.1 Å². The fourth-order valence-electron chi connectivity index (χ4n) is 1.67. The number of hydrogen-bond acceptors (Lipinski definition) is 2. The van der Waals surface area contributed by atoms with Crippen molar-refractivity contribution in [3.05, 3.63) is 0 Å². The van der Waals surface area contributed by atoms with E-state index in [9.17, 15) is 0 Å². The highest BCUT2D eigenvalue weighted by Gasteiger charge is 2.45. The normalized spacial score (nSPS) is 30.9. The maximum absolute atomic E-state index is 6.05. The van der Waals surface area contributed by atoms with Crippen molar-refractivity contribution in [1.82, 2.24) is 4.34 Å². The molecule has 4 heteroatoms. The summed E-state index contributed by atoms with van der Waals surface area (Å²) in [4.78, 5) is 0. The lowest BCUT2D eigenvalue weighted by Gasteiger charge is -2.33. The molecule has 0 atom stereocenters. The van der Waals surface area contributed by atoms with Gasteiger partial charge in [-0.25, -0.2) is 0 Å². The van der Waals surface area contributed by atoms with E-state index in [0.29, 0.717) is 0 Å². The van der Waals surface area contributed by atoms with Crippen LogP contribution in [-0.4, -0.2) is 20.8 Å². The van der Waals surface area contributed by atoms with Gasteiger partial charge in [-0.15, -0.1) is 0 Å². The van der Waals surface area contributed by atoms with Crippen molar-refractivity contribution in [3.63, 3.8) is 0 Å². The lowest BCUT2D eigenvalue weighted by molar-refractivity contribution is 0.677. The molecule has 2 nitrogen and oxygen atoms in total. The second-order valence-corrected chi connectivity index (χ2v) is 14.2. The monoisotopic (exact) mass is 174 g/mol. The van der Waals surface area contributed by atoms with E-state index in [-0.39, 0.29) is 0 Å². The summed E-state index contributed by atoms with van der Waals surface area (Å²) < 4.78 is 2.26. The molecule has 0 aromatic heterocycles. The molecule has 0 amide bonds. The molecular weight excluding hydrogens is 156 g/mol. The zero-order valence-electron chi connectivity index (χ0n) is 7.44. The van der Waals surface area contributed by atoms with Crippen LogP contribution in [0.3, 0.4) is 0 Å². The van der Waals surface area contributed by atoms with Gasteiger partial charge < -0.3 is 0 Å². The fourth-order valence-corrected chi connectivity index (χ4v) is 14.3. The first-order valence-electron chi connectivity index (χ1n) is 3.91. The van der Waals surface area contributed by atoms with E-state index < -0.39 is 16.5 Å². The Labute approximate surface area is 65.5 Å². The molecule has 0 spiro atoms. The highest BCUT2D eigenvalue weighted by molar-refractivity contribution is 6.95. The van der Waals surface area contributed by atoms with Gasteiger partial charge in [0.1, 0.15) is 16.5 Å². The Morgan fingerprint density at radius 2 is 1.30 bits per heavy atom. The molecule has 2 N–H and O–H groups in total. The molecule has 0 aromatic rings. The van der Waals surface area contributed by atoms with Crippen molar-refractivity contribution < 1.29 is 0 Å². The Balaban J connectivity index is 2.77. The van der Waals surface area contributed by atoms with Crippen molar-refractivity contribution >= 4 is 16.5 Å². The summed E-state index contributed by atoms with van der Waals surface area (Å²) in [5, 5.41) is 0. The van der Waals surface area contributed by atoms with Gasteiger partial charge in [0, 0.05) is 0 Å². The van der Waals surface area contributed by atoms with E-state index in [4.69, 9.17) is 5.84 Å². The van der Waals surface area contributed by atoms with Crippen LogP contribution in [0.15, 0.2) is 0 Å². The summed E-state index contributed by atoms with van der Waals surface area (Å²) in [6.07, 6.45) is 0. The van der Waals surface area contributed by atoms with Gasteiger partial charge in [-0.2, -0.15) is 0 Å². The van der Waals surface area contributed by atoms with Crippen molar-refractivity contribution in [3.8, 4) is 0 Å². The average molecular weight is 174 g/mol. The van der Waals surface area contributed by atoms with Crippen LogP contribution in [0.4, 0.5) is 0 Å². The molecule has 0 aliphatic carbocycles. The van der Waals surface area contributed by atoms with Gasteiger partial charge in [0.2, 0.25) is 0 Å². The first kappa shape index (κ1) is 8.45. The van der Waals surface area contributed by atoms with Crippen LogP contribution in [0.5, 0.6) is 0 Å². The second kappa shape index (κ2) is 2.17. The van der Waals surface area contributed by atoms with Crippen LogP contribution in [-0.2, 0) is 0 Å². The Kier molecular flexibility index (Phi) is 1.83. The molecule has 60 valence electrons. The topological polar surface area (TPSA) is 29.3 Å². The number of hydrogen-bond donors (Lipinski definition) is 1. The van der Waals surface area contributed by atoms with Crippen molar-refractivity contribution in [2.45, 2.75) is 38.3 Å². The number of rotatable bonds is 0. The van der Waals surface area contributed by atoms with Gasteiger partial charge in [0.25, 0.3) is 0 Å². The summed E-state index contributed by atoms with van der Waals surface area (Å²) >= 11 is 0. The molecule has 1 fully saturated rings. The lowest BCUT2D eigenvalue weighted by atomic mass is 10.9.